The van der Waals surface area contributed by atoms with Crippen LogP contribution in [0.4, 0.5) is 16.2 Å². The summed E-state index contributed by atoms with van der Waals surface area (Å²) >= 11 is 13.8. The fourth-order valence-electron chi connectivity index (χ4n) is 4.48. The molecule has 5 rings (SSSR count). The number of nitrogens with one attached hydrogen (secondary N) is 2. The summed E-state index contributed by atoms with van der Waals surface area (Å²) in [6, 6.07) is 27.7. The summed E-state index contributed by atoms with van der Waals surface area (Å²) in [4.78, 5) is 24.2. The number of amides is 2. The molecule has 1 atom stereocenters. The first-order valence-electron chi connectivity index (χ1n) is 13.2. The van der Waals surface area contributed by atoms with Gasteiger partial charge in [-0.25, -0.2) is 4.79 Å². The van der Waals surface area contributed by atoms with E-state index in [9.17, 15) is 14.9 Å². The molecule has 0 fully saturated rings. The molecule has 9 nitrogen and oxygen atoms in total. The molecule has 4 aromatic carbocycles. The fourth-order valence-corrected chi connectivity index (χ4v) is 5.84. The van der Waals surface area contributed by atoms with E-state index < -0.39 is 17.0 Å². The predicted molar refractivity (Wildman–Crippen MR) is 170 cm³/mol. The highest BCUT2D eigenvalue weighted by molar-refractivity contribution is 7.98. The lowest BCUT2D eigenvalue weighted by Crippen LogP contribution is -2.35. The molecule has 0 radical (unpaired) electrons. The van der Waals surface area contributed by atoms with E-state index >= 15 is 0 Å². The van der Waals surface area contributed by atoms with Crippen LogP contribution in [0.15, 0.2) is 102 Å². The van der Waals surface area contributed by atoms with Gasteiger partial charge in [-0.3, -0.25) is 14.7 Å². The lowest BCUT2D eigenvalue weighted by Gasteiger charge is -2.21. The minimum absolute atomic E-state index is 0.0366. The Kier molecular flexibility index (Phi) is 9.61. The molecule has 1 heterocycles. The van der Waals surface area contributed by atoms with Crippen LogP contribution in [0.25, 0.3) is 5.69 Å². The standard InChI is InChI=1S/C31H26Cl2N6O3S/c1-20-6-5-9-22(16-20)19-43-31-37-36-29(38(31)24-11-13-25(14-12-24)39(41)42)28(17-21-7-3-2-4-8-21)35-30(40)34-27-15-10-23(32)18-26(27)33/h2-16,18,28H,17,19H2,1H3,(H2,34,35,40). The first-order valence-corrected chi connectivity index (χ1v) is 15.0. The first-order chi connectivity index (χ1) is 20.8. The Balaban J connectivity index is 1.52. The van der Waals surface area contributed by atoms with Crippen molar-refractivity contribution >= 4 is 52.4 Å². The lowest BCUT2D eigenvalue weighted by molar-refractivity contribution is -0.384. The molecule has 5 aromatic rings. The molecular formula is C31H26Cl2N6O3S. The van der Waals surface area contributed by atoms with Gasteiger partial charge in [0, 0.05) is 35.0 Å². The number of thioether (sulfide) groups is 1. The second-order valence-electron chi connectivity index (χ2n) is 9.69. The van der Waals surface area contributed by atoms with Gasteiger partial charge in [0.2, 0.25) is 0 Å². The van der Waals surface area contributed by atoms with Crippen LogP contribution in [0, 0.1) is 17.0 Å². The maximum Gasteiger partial charge on any atom is 0.319 e. The summed E-state index contributed by atoms with van der Waals surface area (Å²) < 4.78 is 1.83. The third kappa shape index (κ3) is 7.72. The average Bonchev–Trinajstić information content (AvgIpc) is 3.42. The summed E-state index contributed by atoms with van der Waals surface area (Å²) in [6.45, 7) is 2.04. The SMILES string of the molecule is Cc1cccc(CSc2nnc(C(Cc3ccccc3)NC(=O)Nc3ccc(Cl)cc3Cl)n2-c2ccc([N+](=O)[O-])cc2)c1. The van der Waals surface area contributed by atoms with Gasteiger partial charge in [0.25, 0.3) is 5.69 Å². The van der Waals surface area contributed by atoms with Gasteiger partial charge in [0.1, 0.15) is 0 Å². The molecule has 2 amide bonds. The number of rotatable bonds is 10. The highest BCUT2D eigenvalue weighted by Gasteiger charge is 2.26. The Labute approximate surface area is 262 Å². The molecule has 2 N–H and O–H groups in total. The number of hydrogen-bond donors (Lipinski definition) is 2. The van der Waals surface area contributed by atoms with Crippen molar-refractivity contribution in [1.82, 2.24) is 20.1 Å². The van der Waals surface area contributed by atoms with Crippen molar-refractivity contribution in [3.05, 3.63) is 140 Å². The molecule has 1 unspecified atom stereocenters. The van der Waals surface area contributed by atoms with Crippen LogP contribution in [0.5, 0.6) is 0 Å². The van der Waals surface area contributed by atoms with E-state index in [1.54, 1.807) is 30.3 Å². The monoisotopic (exact) mass is 632 g/mol. The summed E-state index contributed by atoms with van der Waals surface area (Å²) in [5.41, 5.74) is 4.21. The van der Waals surface area contributed by atoms with E-state index in [1.165, 1.54) is 23.9 Å². The number of benzene rings is 4. The van der Waals surface area contributed by atoms with Crippen LogP contribution in [0.1, 0.15) is 28.6 Å². The number of nitro benzene ring substituents is 1. The Morgan fingerprint density at radius 1 is 0.953 bits per heavy atom. The highest BCUT2D eigenvalue weighted by atomic mass is 35.5. The predicted octanol–water partition coefficient (Wildman–Crippen LogP) is 8.19. The zero-order chi connectivity index (χ0) is 30.3. The number of nitro groups is 1. The number of anilines is 1. The molecular weight excluding hydrogens is 607 g/mol. The smallest absolute Gasteiger partial charge is 0.319 e. The van der Waals surface area contributed by atoms with Crippen molar-refractivity contribution < 1.29 is 9.72 Å². The average molecular weight is 634 g/mol. The van der Waals surface area contributed by atoms with Gasteiger partial charge in [-0.15, -0.1) is 10.2 Å². The van der Waals surface area contributed by atoms with Crippen LogP contribution in [-0.4, -0.2) is 25.7 Å². The van der Waals surface area contributed by atoms with E-state index in [4.69, 9.17) is 23.2 Å². The minimum Gasteiger partial charge on any atom is -0.327 e. The lowest BCUT2D eigenvalue weighted by atomic mass is 10.1. The van der Waals surface area contributed by atoms with Crippen LogP contribution < -0.4 is 10.6 Å². The topological polar surface area (TPSA) is 115 Å². The number of carbonyl (C=O) groups is 1. The second-order valence-corrected chi connectivity index (χ2v) is 11.5. The van der Waals surface area contributed by atoms with Crippen molar-refractivity contribution in [2.45, 2.75) is 30.3 Å². The Hall–Kier alpha value is -4.38. The van der Waals surface area contributed by atoms with Crippen LogP contribution >= 0.6 is 35.0 Å². The minimum atomic E-state index is -0.635. The Morgan fingerprint density at radius 3 is 2.40 bits per heavy atom. The van der Waals surface area contributed by atoms with Crippen LogP contribution in [0.2, 0.25) is 10.0 Å². The highest BCUT2D eigenvalue weighted by Crippen LogP contribution is 2.31. The Bertz CT molecular complexity index is 1750. The fraction of sp³-hybridized carbons (Fsp3) is 0.129. The van der Waals surface area contributed by atoms with Crippen molar-refractivity contribution in [1.29, 1.82) is 0 Å². The van der Waals surface area contributed by atoms with Crippen molar-refractivity contribution in [3.63, 3.8) is 0 Å². The summed E-state index contributed by atoms with van der Waals surface area (Å²) in [5, 5.41) is 27.5. The van der Waals surface area contributed by atoms with Gasteiger partial charge >= 0.3 is 6.03 Å². The molecule has 0 saturated heterocycles. The molecule has 0 aliphatic carbocycles. The molecule has 43 heavy (non-hydrogen) atoms. The Morgan fingerprint density at radius 2 is 1.70 bits per heavy atom. The maximum atomic E-state index is 13.3. The van der Waals surface area contributed by atoms with Gasteiger partial charge in [0.15, 0.2) is 11.0 Å². The molecule has 0 aliphatic rings. The number of halogens is 2. The zero-order valence-electron chi connectivity index (χ0n) is 22.9. The molecule has 0 bridgehead atoms. The number of aryl methyl sites for hydroxylation is 1. The van der Waals surface area contributed by atoms with Gasteiger partial charge in [-0.1, -0.05) is 95.1 Å². The molecule has 0 saturated carbocycles. The number of non-ortho nitro benzene ring substituents is 1. The van der Waals surface area contributed by atoms with E-state index in [0.717, 1.165) is 16.7 Å². The van der Waals surface area contributed by atoms with E-state index in [1.807, 2.05) is 60.0 Å². The van der Waals surface area contributed by atoms with Crippen molar-refractivity contribution in [2.24, 2.45) is 0 Å². The van der Waals surface area contributed by atoms with Gasteiger partial charge in [-0.05, 0) is 48.4 Å². The van der Waals surface area contributed by atoms with Gasteiger partial charge < -0.3 is 10.6 Å². The molecule has 0 aliphatic heterocycles. The molecule has 12 heteroatoms. The largest absolute Gasteiger partial charge is 0.327 e. The second kappa shape index (κ2) is 13.7. The van der Waals surface area contributed by atoms with E-state index in [2.05, 4.69) is 26.9 Å². The summed E-state index contributed by atoms with van der Waals surface area (Å²) in [7, 11) is 0. The van der Waals surface area contributed by atoms with Crippen molar-refractivity contribution in [3.8, 4) is 5.69 Å². The van der Waals surface area contributed by atoms with Gasteiger partial charge in [-0.2, -0.15) is 0 Å². The van der Waals surface area contributed by atoms with Gasteiger partial charge in [0.05, 0.1) is 21.7 Å². The third-order valence-corrected chi connectivity index (χ3v) is 8.05. The number of hydrogen-bond acceptors (Lipinski definition) is 6. The molecule has 1 aromatic heterocycles. The summed E-state index contributed by atoms with van der Waals surface area (Å²) in [6.07, 6.45) is 0.399. The van der Waals surface area contributed by atoms with E-state index in [0.29, 0.717) is 44.6 Å². The first kappa shape index (κ1) is 30.1. The van der Waals surface area contributed by atoms with Crippen LogP contribution in [-0.2, 0) is 12.2 Å². The number of aromatic nitrogens is 3. The third-order valence-electron chi connectivity index (χ3n) is 6.51. The van der Waals surface area contributed by atoms with Crippen LogP contribution in [0.3, 0.4) is 0 Å². The zero-order valence-corrected chi connectivity index (χ0v) is 25.2. The molecule has 218 valence electrons. The maximum absolute atomic E-state index is 13.3. The number of nitrogens with zero attached hydrogens (tertiary/aromatic N) is 4. The normalized spacial score (nSPS) is 11.6. The van der Waals surface area contributed by atoms with Crippen molar-refractivity contribution in [2.75, 3.05) is 5.32 Å². The number of urea groups is 1. The molecule has 0 spiro atoms. The number of carbonyl (C=O) groups excluding carboxylic acids is 1. The summed E-state index contributed by atoms with van der Waals surface area (Å²) in [5.74, 6) is 1.08. The quantitative estimate of drug-likeness (QED) is 0.0911. The van der Waals surface area contributed by atoms with E-state index in [-0.39, 0.29) is 5.69 Å².